The maximum atomic E-state index is 14.7. The largest absolute Gasteiger partial charge is 0.463 e. The summed E-state index contributed by atoms with van der Waals surface area (Å²) in [5.74, 6) is -2.15. The van der Waals surface area contributed by atoms with Crippen LogP contribution in [0.4, 0.5) is 4.79 Å². The molecule has 0 radical (unpaired) electrons. The molecule has 5 rings (SSSR count). The molecule has 0 saturated carbocycles. The third-order valence-corrected chi connectivity index (χ3v) is 10.2. The standard InChI is InChI=1S/C36H42Cl2N6O7/c1-6-20(3)28(41-34(48)50-19-21-11-9-8-10-12-21)31(45)42-36(14-13-26-24(17-36)23-15-22(37)16-25(38)29(23)39-26)33(47)43-35(4,7-2)18-27-40-30(44-51-27)32(46)49-5/h8-12,15-16,20,28,39H,6-7,13-14,17-19H2,1-5H3,(H,41,48)(H,42,45)(H,43,47)/t20?,28?,35-,36+/m0/s1. The number of hydrogen-bond acceptors (Lipinski definition) is 9. The molecule has 51 heavy (non-hydrogen) atoms. The molecule has 0 aliphatic heterocycles. The minimum atomic E-state index is -1.46. The van der Waals surface area contributed by atoms with Gasteiger partial charge < -0.3 is 34.9 Å². The number of halogens is 2. The third kappa shape index (κ3) is 8.48. The Morgan fingerprint density at radius 2 is 1.88 bits per heavy atom. The number of aromatic amines is 1. The van der Waals surface area contributed by atoms with Gasteiger partial charge in [-0.25, -0.2) is 9.59 Å². The highest BCUT2D eigenvalue weighted by Crippen LogP contribution is 2.38. The van der Waals surface area contributed by atoms with Crippen LogP contribution in [0.2, 0.25) is 10.0 Å². The molecule has 272 valence electrons. The predicted octanol–water partition coefficient (Wildman–Crippen LogP) is 5.86. The number of alkyl carbamates (subject to hydrolysis) is 1. The van der Waals surface area contributed by atoms with E-state index in [1.165, 1.54) is 7.11 Å². The predicted molar refractivity (Wildman–Crippen MR) is 190 cm³/mol. The minimum absolute atomic E-state index is 0.0269. The summed E-state index contributed by atoms with van der Waals surface area (Å²) in [4.78, 5) is 61.4. The van der Waals surface area contributed by atoms with E-state index in [4.69, 9.17) is 32.5 Å². The van der Waals surface area contributed by atoms with Gasteiger partial charge in [0, 0.05) is 34.5 Å². The first-order valence-corrected chi connectivity index (χ1v) is 17.6. The number of amides is 3. The second-order valence-electron chi connectivity index (χ2n) is 13.3. The maximum Gasteiger partial charge on any atom is 0.408 e. The molecule has 4 atom stereocenters. The molecule has 1 aliphatic rings. The molecule has 13 nitrogen and oxygen atoms in total. The van der Waals surface area contributed by atoms with Crippen LogP contribution in [0.1, 0.15) is 80.3 Å². The van der Waals surface area contributed by atoms with Crippen LogP contribution in [-0.4, -0.2) is 63.2 Å². The lowest BCUT2D eigenvalue weighted by molar-refractivity contribution is -0.137. The van der Waals surface area contributed by atoms with Crippen molar-refractivity contribution < 1.29 is 33.2 Å². The molecule has 0 spiro atoms. The van der Waals surface area contributed by atoms with E-state index in [1.54, 1.807) is 12.1 Å². The lowest BCUT2D eigenvalue weighted by atomic mass is 9.77. The van der Waals surface area contributed by atoms with Crippen molar-refractivity contribution in [2.75, 3.05) is 7.11 Å². The van der Waals surface area contributed by atoms with Crippen LogP contribution < -0.4 is 16.0 Å². The molecule has 2 aromatic carbocycles. The minimum Gasteiger partial charge on any atom is -0.463 e. The second kappa shape index (κ2) is 15.7. The van der Waals surface area contributed by atoms with Crippen LogP contribution in [0.5, 0.6) is 0 Å². The number of methoxy groups -OCH3 is 1. The first-order valence-electron chi connectivity index (χ1n) is 16.8. The van der Waals surface area contributed by atoms with Crippen LogP contribution in [0.25, 0.3) is 10.9 Å². The third-order valence-electron chi connectivity index (χ3n) is 9.65. The summed E-state index contributed by atoms with van der Waals surface area (Å²) >= 11 is 13.0. The van der Waals surface area contributed by atoms with Gasteiger partial charge in [0.15, 0.2) is 0 Å². The van der Waals surface area contributed by atoms with Crippen molar-refractivity contribution in [3.8, 4) is 0 Å². The molecule has 0 saturated heterocycles. The Balaban J connectivity index is 1.45. The number of aryl methyl sites for hydroxylation is 1. The first kappa shape index (κ1) is 37.6. The average Bonchev–Trinajstić information content (AvgIpc) is 3.73. The number of nitrogens with one attached hydrogen (secondary N) is 4. The lowest BCUT2D eigenvalue weighted by Crippen LogP contribution is -2.67. The van der Waals surface area contributed by atoms with Crippen molar-refractivity contribution >= 4 is 58.0 Å². The number of carbonyl (C=O) groups is 4. The van der Waals surface area contributed by atoms with Crippen molar-refractivity contribution in [3.05, 3.63) is 81.0 Å². The summed E-state index contributed by atoms with van der Waals surface area (Å²) in [6.07, 6.45) is 1.08. The van der Waals surface area contributed by atoms with E-state index in [-0.39, 0.29) is 43.5 Å². The van der Waals surface area contributed by atoms with E-state index in [0.717, 1.165) is 22.2 Å². The number of carbonyl (C=O) groups excluding carboxylic acids is 4. The Hall–Kier alpha value is -4.62. The number of nitrogens with zero attached hydrogens (tertiary/aromatic N) is 2. The van der Waals surface area contributed by atoms with Crippen molar-refractivity contribution in [2.45, 2.75) is 89.9 Å². The molecule has 2 heterocycles. The summed E-state index contributed by atoms with van der Waals surface area (Å²) in [6, 6.07) is 11.6. The average molecular weight is 742 g/mol. The molecule has 0 bridgehead atoms. The van der Waals surface area contributed by atoms with E-state index in [1.807, 2.05) is 58.0 Å². The molecule has 15 heteroatoms. The smallest absolute Gasteiger partial charge is 0.408 e. The Labute approximate surface area is 305 Å². The van der Waals surface area contributed by atoms with Crippen LogP contribution in [-0.2, 0) is 44.9 Å². The van der Waals surface area contributed by atoms with Gasteiger partial charge in [-0.1, -0.05) is 80.7 Å². The first-order chi connectivity index (χ1) is 24.3. The molecule has 2 unspecified atom stereocenters. The molecular formula is C36H42Cl2N6O7. The number of esters is 1. The van der Waals surface area contributed by atoms with E-state index < -0.39 is 41.0 Å². The zero-order valence-electron chi connectivity index (χ0n) is 29.2. The molecule has 4 aromatic rings. The number of benzene rings is 2. The molecule has 1 aliphatic carbocycles. The van der Waals surface area contributed by atoms with Crippen LogP contribution in [0.15, 0.2) is 47.0 Å². The SMILES string of the molecule is CCC(C)C(NC(=O)OCc1ccccc1)C(=O)N[C@]1(C(=O)N[C@@](C)(CC)Cc2nc(C(=O)OC)no2)CCc2[nH]c3c(Cl)cc(Cl)cc3c2C1. The lowest BCUT2D eigenvalue weighted by Gasteiger charge is -2.41. The summed E-state index contributed by atoms with van der Waals surface area (Å²) in [5, 5.41) is 14.3. The highest BCUT2D eigenvalue weighted by Gasteiger charge is 2.47. The number of hydrogen-bond donors (Lipinski definition) is 4. The zero-order valence-corrected chi connectivity index (χ0v) is 30.7. The van der Waals surface area contributed by atoms with Gasteiger partial charge >= 0.3 is 12.1 Å². The summed E-state index contributed by atoms with van der Waals surface area (Å²) < 4.78 is 15.4. The fourth-order valence-corrected chi connectivity index (χ4v) is 6.76. The van der Waals surface area contributed by atoms with Crippen molar-refractivity contribution in [1.82, 2.24) is 31.1 Å². The number of ether oxygens (including phenoxy) is 2. The Bertz CT molecular complexity index is 1910. The highest BCUT2D eigenvalue weighted by atomic mass is 35.5. The van der Waals surface area contributed by atoms with Gasteiger partial charge in [0.2, 0.25) is 17.7 Å². The Morgan fingerprint density at radius 1 is 1.14 bits per heavy atom. The Morgan fingerprint density at radius 3 is 2.57 bits per heavy atom. The highest BCUT2D eigenvalue weighted by molar-refractivity contribution is 6.38. The number of fused-ring (bicyclic) bond motifs is 3. The normalized spacial score (nSPS) is 17.8. The summed E-state index contributed by atoms with van der Waals surface area (Å²) in [6.45, 7) is 7.48. The zero-order chi connectivity index (χ0) is 36.9. The fraction of sp³-hybridized carbons (Fsp3) is 0.444. The summed E-state index contributed by atoms with van der Waals surface area (Å²) in [7, 11) is 1.21. The summed E-state index contributed by atoms with van der Waals surface area (Å²) in [5.41, 5.74) is 0.766. The molecule has 0 fully saturated rings. The van der Waals surface area contributed by atoms with E-state index in [9.17, 15) is 19.2 Å². The van der Waals surface area contributed by atoms with E-state index in [2.05, 4.69) is 35.8 Å². The topological polar surface area (TPSA) is 178 Å². The van der Waals surface area contributed by atoms with E-state index in [0.29, 0.717) is 34.8 Å². The van der Waals surface area contributed by atoms with Gasteiger partial charge in [0.1, 0.15) is 18.2 Å². The number of H-pyrrole nitrogens is 1. The number of aromatic nitrogens is 3. The molecular weight excluding hydrogens is 699 g/mol. The van der Waals surface area contributed by atoms with Gasteiger partial charge in [-0.3, -0.25) is 9.59 Å². The molecule has 3 amide bonds. The van der Waals surface area contributed by atoms with Gasteiger partial charge in [-0.15, -0.1) is 0 Å². The maximum absolute atomic E-state index is 14.7. The monoisotopic (exact) mass is 740 g/mol. The second-order valence-corrected chi connectivity index (χ2v) is 14.1. The molecule has 4 N–H and O–H groups in total. The number of rotatable bonds is 13. The molecule has 2 aromatic heterocycles. The van der Waals surface area contributed by atoms with Crippen LogP contribution in [0.3, 0.4) is 0 Å². The van der Waals surface area contributed by atoms with Gasteiger partial charge in [-0.05, 0) is 60.5 Å². The van der Waals surface area contributed by atoms with Gasteiger partial charge in [0.05, 0.1) is 17.6 Å². The fourth-order valence-electron chi connectivity index (χ4n) is 6.22. The van der Waals surface area contributed by atoms with Crippen molar-refractivity contribution in [1.29, 1.82) is 0 Å². The Kier molecular flexibility index (Phi) is 11.6. The quantitative estimate of drug-likeness (QED) is 0.122. The van der Waals surface area contributed by atoms with Gasteiger partial charge in [-0.2, -0.15) is 4.98 Å². The van der Waals surface area contributed by atoms with Crippen molar-refractivity contribution in [3.63, 3.8) is 0 Å². The van der Waals surface area contributed by atoms with Crippen LogP contribution in [0, 0.1) is 5.92 Å². The van der Waals surface area contributed by atoms with Crippen molar-refractivity contribution in [2.24, 2.45) is 5.92 Å². The van der Waals surface area contributed by atoms with E-state index >= 15 is 0 Å². The van der Waals surface area contributed by atoms with Gasteiger partial charge in [0.25, 0.3) is 5.82 Å². The van der Waals surface area contributed by atoms with Crippen LogP contribution >= 0.6 is 23.2 Å².